The number of nitrogens with one attached hydrogen (secondary N) is 1. The first kappa shape index (κ1) is 19.6. The number of halogens is 2. The number of aryl methyl sites for hydroxylation is 3. The Balaban J connectivity index is 1.71. The molecule has 0 aliphatic carbocycles. The highest BCUT2D eigenvalue weighted by Crippen LogP contribution is 2.26. The summed E-state index contributed by atoms with van der Waals surface area (Å²) >= 11 is 9.55. The van der Waals surface area contributed by atoms with Gasteiger partial charge in [-0.15, -0.1) is 0 Å². The average Bonchev–Trinajstić information content (AvgIpc) is 2.57. The molecule has 2 rings (SSSR count). The monoisotopic (exact) mass is 425 g/mol. The second kappa shape index (κ2) is 9.11. The molecule has 0 saturated heterocycles. The van der Waals surface area contributed by atoms with E-state index in [4.69, 9.17) is 21.1 Å². The van der Waals surface area contributed by atoms with E-state index in [2.05, 4.69) is 21.2 Å². The number of carbonyl (C=O) groups is 1. The lowest BCUT2D eigenvalue weighted by Crippen LogP contribution is -2.32. The molecule has 0 atom stereocenters. The molecule has 134 valence electrons. The summed E-state index contributed by atoms with van der Waals surface area (Å²) in [6.07, 6.45) is 0. The Labute approximate surface area is 161 Å². The maximum atomic E-state index is 11.8. The Morgan fingerprint density at radius 3 is 2.36 bits per heavy atom. The van der Waals surface area contributed by atoms with Crippen molar-refractivity contribution in [3.8, 4) is 11.5 Å². The van der Waals surface area contributed by atoms with Crippen molar-refractivity contribution < 1.29 is 14.3 Å². The smallest absolute Gasteiger partial charge is 0.258 e. The Morgan fingerprint density at radius 1 is 1.04 bits per heavy atom. The van der Waals surface area contributed by atoms with E-state index in [0.717, 1.165) is 21.2 Å². The summed E-state index contributed by atoms with van der Waals surface area (Å²) in [4.78, 5) is 11.8. The van der Waals surface area contributed by atoms with E-state index in [0.29, 0.717) is 29.7 Å². The zero-order valence-electron chi connectivity index (χ0n) is 14.5. The zero-order valence-corrected chi connectivity index (χ0v) is 16.8. The van der Waals surface area contributed by atoms with Crippen molar-refractivity contribution in [3.63, 3.8) is 0 Å². The number of hydrogen-bond acceptors (Lipinski definition) is 3. The third kappa shape index (κ3) is 5.94. The maximum absolute atomic E-state index is 11.8. The van der Waals surface area contributed by atoms with E-state index in [1.807, 2.05) is 45.0 Å². The number of hydrogen-bond donors (Lipinski definition) is 1. The molecule has 2 aromatic carbocycles. The van der Waals surface area contributed by atoms with Crippen molar-refractivity contribution in [3.05, 3.63) is 56.5 Å². The highest BCUT2D eigenvalue weighted by atomic mass is 79.9. The van der Waals surface area contributed by atoms with E-state index in [9.17, 15) is 4.79 Å². The normalized spacial score (nSPS) is 10.4. The summed E-state index contributed by atoms with van der Waals surface area (Å²) < 4.78 is 12.1. The fourth-order valence-electron chi connectivity index (χ4n) is 2.21. The maximum Gasteiger partial charge on any atom is 0.258 e. The van der Waals surface area contributed by atoms with Crippen LogP contribution in [0.5, 0.6) is 11.5 Å². The molecule has 0 aromatic heterocycles. The third-order valence-corrected chi connectivity index (χ3v) is 5.27. The van der Waals surface area contributed by atoms with Crippen LogP contribution in [-0.2, 0) is 4.79 Å². The van der Waals surface area contributed by atoms with Crippen molar-refractivity contribution in [1.29, 1.82) is 0 Å². The second-order valence-electron chi connectivity index (χ2n) is 5.77. The van der Waals surface area contributed by atoms with Gasteiger partial charge in [-0.3, -0.25) is 4.79 Å². The quantitative estimate of drug-likeness (QED) is 0.658. The molecule has 4 nitrogen and oxygen atoms in total. The molecule has 2 aromatic rings. The predicted octanol–water partition coefficient (Wildman–Crippen LogP) is 4.60. The Bertz CT molecular complexity index is 741. The molecule has 0 aliphatic rings. The number of rotatable bonds is 7. The van der Waals surface area contributed by atoms with Gasteiger partial charge in [-0.25, -0.2) is 0 Å². The minimum absolute atomic E-state index is 0.0309. The van der Waals surface area contributed by atoms with Gasteiger partial charge in [0.2, 0.25) is 0 Å². The SMILES string of the molecule is Cc1ccc(OCCNC(=O)COc2cc(C)c(Br)c(C)c2)cc1Cl. The molecular weight excluding hydrogens is 406 g/mol. The minimum Gasteiger partial charge on any atom is -0.492 e. The van der Waals surface area contributed by atoms with Crippen LogP contribution >= 0.6 is 27.5 Å². The van der Waals surface area contributed by atoms with Crippen molar-refractivity contribution >= 4 is 33.4 Å². The molecule has 6 heteroatoms. The van der Waals surface area contributed by atoms with Crippen molar-refractivity contribution in [1.82, 2.24) is 5.32 Å². The first-order valence-corrected chi connectivity index (χ1v) is 9.09. The lowest BCUT2D eigenvalue weighted by Gasteiger charge is -2.11. The summed E-state index contributed by atoms with van der Waals surface area (Å²) in [7, 11) is 0. The van der Waals surface area contributed by atoms with Crippen molar-refractivity contribution in [2.45, 2.75) is 20.8 Å². The largest absolute Gasteiger partial charge is 0.492 e. The first-order valence-electron chi connectivity index (χ1n) is 7.92. The number of ether oxygens (including phenoxy) is 2. The highest BCUT2D eigenvalue weighted by Gasteiger charge is 2.06. The molecule has 0 radical (unpaired) electrons. The number of carbonyl (C=O) groups excluding carboxylic acids is 1. The average molecular weight is 427 g/mol. The highest BCUT2D eigenvalue weighted by molar-refractivity contribution is 9.10. The van der Waals surface area contributed by atoms with Crippen LogP contribution in [0, 0.1) is 20.8 Å². The van der Waals surface area contributed by atoms with Crippen LogP contribution in [0.2, 0.25) is 5.02 Å². The van der Waals surface area contributed by atoms with Gasteiger partial charge >= 0.3 is 0 Å². The molecule has 0 heterocycles. The van der Waals surface area contributed by atoms with Gasteiger partial charge in [0.1, 0.15) is 18.1 Å². The van der Waals surface area contributed by atoms with Gasteiger partial charge in [0, 0.05) is 9.50 Å². The summed E-state index contributed by atoms with van der Waals surface area (Å²) in [5.74, 6) is 1.17. The summed E-state index contributed by atoms with van der Waals surface area (Å²) in [6.45, 7) is 6.63. The van der Waals surface area contributed by atoms with Crippen LogP contribution in [0.25, 0.3) is 0 Å². The van der Waals surface area contributed by atoms with Crippen molar-refractivity contribution in [2.24, 2.45) is 0 Å². The van der Waals surface area contributed by atoms with Gasteiger partial charge in [0.05, 0.1) is 6.54 Å². The van der Waals surface area contributed by atoms with Crippen LogP contribution in [-0.4, -0.2) is 25.7 Å². The standard InChI is InChI=1S/C19H21BrClNO3/c1-12-4-5-15(10-17(12)21)24-7-6-22-18(23)11-25-16-8-13(2)19(20)14(3)9-16/h4-5,8-10H,6-7,11H2,1-3H3,(H,22,23). The minimum atomic E-state index is -0.191. The fraction of sp³-hybridized carbons (Fsp3) is 0.316. The number of benzene rings is 2. The lowest BCUT2D eigenvalue weighted by atomic mass is 10.1. The van der Waals surface area contributed by atoms with Crippen LogP contribution in [0.1, 0.15) is 16.7 Å². The Kier molecular flexibility index (Phi) is 7.14. The third-order valence-electron chi connectivity index (χ3n) is 3.62. The van der Waals surface area contributed by atoms with Crippen LogP contribution in [0.15, 0.2) is 34.8 Å². The predicted molar refractivity (Wildman–Crippen MR) is 104 cm³/mol. The van der Waals surface area contributed by atoms with E-state index in [1.165, 1.54) is 0 Å². The molecule has 0 unspecified atom stereocenters. The van der Waals surface area contributed by atoms with Gasteiger partial charge in [0.25, 0.3) is 5.91 Å². The van der Waals surface area contributed by atoms with Crippen LogP contribution < -0.4 is 14.8 Å². The topological polar surface area (TPSA) is 47.6 Å². The van der Waals surface area contributed by atoms with E-state index >= 15 is 0 Å². The molecule has 25 heavy (non-hydrogen) atoms. The van der Waals surface area contributed by atoms with E-state index < -0.39 is 0 Å². The lowest BCUT2D eigenvalue weighted by molar-refractivity contribution is -0.123. The van der Waals surface area contributed by atoms with Crippen LogP contribution in [0.3, 0.4) is 0 Å². The second-order valence-corrected chi connectivity index (χ2v) is 6.97. The van der Waals surface area contributed by atoms with Gasteiger partial charge in [0.15, 0.2) is 6.61 Å². The number of amides is 1. The first-order chi connectivity index (χ1) is 11.9. The molecule has 0 saturated carbocycles. The summed E-state index contributed by atoms with van der Waals surface area (Å²) in [5, 5.41) is 3.42. The zero-order chi connectivity index (χ0) is 18.4. The van der Waals surface area contributed by atoms with Gasteiger partial charge in [-0.1, -0.05) is 33.6 Å². The summed E-state index contributed by atoms with van der Waals surface area (Å²) in [5.41, 5.74) is 3.14. The Hall–Kier alpha value is -1.72. The molecule has 1 amide bonds. The van der Waals surface area contributed by atoms with Crippen LogP contribution in [0.4, 0.5) is 0 Å². The van der Waals surface area contributed by atoms with Gasteiger partial charge in [-0.2, -0.15) is 0 Å². The molecule has 0 aliphatic heterocycles. The molecule has 0 bridgehead atoms. The van der Waals surface area contributed by atoms with Gasteiger partial charge in [-0.05, 0) is 61.7 Å². The van der Waals surface area contributed by atoms with E-state index in [1.54, 1.807) is 6.07 Å². The molecule has 0 spiro atoms. The fourth-order valence-corrected chi connectivity index (χ4v) is 2.61. The van der Waals surface area contributed by atoms with Gasteiger partial charge < -0.3 is 14.8 Å². The van der Waals surface area contributed by atoms with E-state index in [-0.39, 0.29) is 12.5 Å². The molecule has 0 fully saturated rings. The molecular formula is C19H21BrClNO3. The summed E-state index contributed by atoms with van der Waals surface area (Å²) in [6, 6.07) is 9.31. The Morgan fingerprint density at radius 2 is 1.72 bits per heavy atom. The molecule has 1 N–H and O–H groups in total. The van der Waals surface area contributed by atoms with Crippen molar-refractivity contribution in [2.75, 3.05) is 19.8 Å².